The smallest absolute Gasteiger partial charge is 0.251 e. The fourth-order valence-corrected chi connectivity index (χ4v) is 3.10. The van der Waals surface area contributed by atoms with E-state index in [9.17, 15) is 13.2 Å². The highest BCUT2D eigenvalue weighted by molar-refractivity contribution is 7.92. The van der Waals surface area contributed by atoms with Crippen molar-refractivity contribution in [2.24, 2.45) is 0 Å². The summed E-state index contributed by atoms with van der Waals surface area (Å²) in [5.41, 5.74) is 1.75. The lowest BCUT2D eigenvalue weighted by atomic mass is 10.1. The minimum Gasteiger partial charge on any atom is -0.457 e. The number of carbonyl (C=O) groups is 1. The molecule has 0 fully saturated rings. The minimum absolute atomic E-state index is 0.250. The Balaban J connectivity index is 1.59. The SMILES string of the molecule is CS(=O)(=O)Nc1ccc(C(=O)NCc2cccc(Oc3ccccc3)c2)cc1. The molecule has 0 saturated heterocycles. The van der Waals surface area contributed by atoms with Crippen molar-refractivity contribution >= 4 is 21.6 Å². The first-order valence-electron chi connectivity index (χ1n) is 8.57. The molecule has 144 valence electrons. The molecule has 2 N–H and O–H groups in total. The van der Waals surface area contributed by atoms with E-state index in [1.807, 2.05) is 54.6 Å². The minimum atomic E-state index is -3.35. The molecule has 0 spiro atoms. The molecule has 3 aromatic rings. The van der Waals surface area contributed by atoms with E-state index in [2.05, 4.69) is 10.0 Å². The third kappa shape index (κ3) is 5.85. The second kappa shape index (κ2) is 8.58. The summed E-state index contributed by atoms with van der Waals surface area (Å²) in [5.74, 6) is 1.18. The van der Waals surface area contributed by atoms with Crippen LogP contribution < -0.4 is 14.8 Å². The molecule has 0 aliphatic heterocycles. The number of rotatable bonds is 7. The van der Waals surface area contributed by atoms with Crippen LogP contribution >= 0.6 is 0 Å². The van der Waals surface area contributed by atoms with Crippen molar-refractivity contribution in [2.45, 2.75) is 6.54 Å². The molecule has 6 nitrogen and oxygen atoms in total. The van der Waals surface area contributed by atoms with Crippen LogP contribution in [0.25, 0.3) is 0 Å². The Morgan fingerprint density at radius 2 is 1.57 bits per heavy atom. The van der Waals surface area contributed by atoms with Gasteiger partial charge in [-0.2, -0.15) is 0 Å². The monoisotopic (exact) mass is 396 g/mol. The molecule has 7 heteroatoms. The number of hydrogen-bond donors (Lipinski definition) is 2. The van der Waals surface area contributed by atoms with Gasteiger partial charge in [-0.25, -0.2) is 8.42 Å². The van der Waals surface area contributed by atoms with Gasteiger partial charge < -0.3 is 10.1 Å². The first-order valence-corrected chi connectivity index (χ1v) is 10.5. The van der Waals surface area contributed by atoms with Crippen molar-refractivity contribution in [3.63, 3.8) is 0 Å². The zero-order chi connectivity index (χ0) is 20.0. The fourth-order valence-electron chi connectivity index (χ4n) is 2.53. The Morgan fingerprint density at radius 3 is 2.25 bits per heavy atom. The quantitative estimate of drug-likeness (QED) is 0.637. The number of carbonyl (C=O) groups excluding carboxylic acids is 1. The predicted octanol–water partition coefficient (Wildman–Crippen LogP) is 3.78. The molecule has 3 aromatic carbocycles. The number of benzene rings is 3. The highest BCUT2D eigenvalue weighted by atomic mass is 32.2. The molecule has 0 aliphatic rings. The van der Waals surface area contributed by atoms with Crippen LogP contribution in [0.1, 0.15) is 15.9 Å². The average molecular weight is 396 g/mol. The Hall–Kier alpha value is -3.32. The Morgan fingerprint density at radius 1 is 0.893 bits per heavy atom. The molecule has 0 unspecified atom stereocenters. The first kappa shape index (κ1) is 19.4. The molecule has 0 aliphatic carbocycles. The molecular weight excluding hydrogens is 376 g/mol. The molecular formula is C21H20N2O4S. The van der Waals surface area contributed by atoms with E-state index >= 15 is 0 Å². The van der Waals surface area contributed by atoms with Crippen molar-refractivity contribution in [3.8, 4) is 11.5 Å². The number of hydrogen-bond acceptors (Lipinski definition) is 4. The standard InChI is InChI=1S/C21H20N2O4S/c1-28(25,26)23-18-12-10-17(11-13-18)21(24)22-15-16-6-5-9-20(14-16)27-19-7-3-2-4-8-19/h2-14,23H,15H2,1H3,(H,22,24). The summed E-state index contributed by atoms with van der Waals surface area (Å²) in [5, 5.41) is 2.84. The number of ether oxygens (including phenoxy) is 1. The van der Waals surface area contributed by atoms with Crippen LogP contribution in [-0.2, 0) is 16.6 Å². The average Bonchev–Trinajstić information content (AvgIpc) is 2.66. The molecule has 28 heavy (non-hydrogen) atoms. The van der Waals surface area contributed by atoms with Crippen LogP contribution in [0.3, 0.4) is 0 Å². The lowest BCUT2D eigenvalue weighted by Crippen LogP contribution is -2.22. The summed E-state index contributed by atoms with van der Waals surface area (Å²) < 4.78 is 30.6. The number of sulfonamides is 1. The van der Waals surface area contributed by atoms with Crippen LogP contribution in [0.15, 0.2) is 78.9 Å². The van der Waals surface area contributed by atoms with Crippen LogP contribution in [0, 0.1) is 0 Å². The van der Waals surface area contributed by atoms with Gasteiger partial charge in [0, 0.05) is 17.8 Å². The highest BCUT2D eigenvalue weighted by Crippen LogP contribution is 2.21. The number of anilines is 1. The van der Waals surface area contributed by atoms with Gasteiger partial charge in [-0.05, 0) is 54.1 Å². The van der Waals surface area contributed by atoms with Crippen molar-refractivity contribution < 1.29 is 17.9 Å². The van der Waals surface area contributed by atoms with E-state index in [1.165, 1.54) is 0 Å². The fraction of sp³-hybridized carbons (Fsp3) is 0.0952. The molecule has 1 amide bonds. The van der Waals surface area contributed by atoms with Gasteiger partial charge in [-0.3, -0.25) is 9.52 Å². The van der Waals surface area contributed by atoms with Gasteiger partial charge in [0.1, 0.15) is 11.5 Å². The van der Waals surface area contributed by atoms with Crippen molar-refractivity contribution in [3.05, 3.63) is 90.0 Å². The largest absolute Gasteiger partial charge is 0.457 e. The Bertz CT molecular complexity index is 1050. The van der Waals surface area contributed by atoms with Gasteiger partial charge in [0.05, 0.1) is 6.26 Å². The summed E-state index contributed by atoms with van der Waals surface area (Å²) >= 11 is 0. The van der Waals surface area contributed by atoms with Crippen molar-refractivity contribution in [1.82, 2.24) is 5.32 Å². The first-order chi connectivity index (χ1) is 13.4. The van der Waals surface area contributed by atoms with E-state index < -0.39 is 10.0 Å². The van der Waals surface area contributed by atoms with Crippen molar-refractivity contribution in [2.75, 3.05) is 11.0 Å². The molecule has 0 atom stereocenters. The lowest BCUT2D eigenvalue weighted by molar-refractivity contribution is 0.0951. The van der Waals surface area contributed by atoms with Gasteiger partial charge in [0.2, 0.25) is 10.0 Å². The van der Waals surface area contributed by atoms with Gasteiger partial charge in [-0.1, -0.05) is 30.3 Å². The molecule has 0 radical (unpaired) electrons. The topological polar surface area (TPSA) is 84.5 Å². The summed E-state index contributed by atoms with van der Waals surface area (Å²) in [4.78, 5) is 12.3. The molecule has 0 bridgehead atoms. The van der Waals surface area contributed by atoms with E-state index in [0.717, 1.165) is 17.6 Å². The summed E-state index contributed by atoms with van der Waals surface area (Å²) in [6, 6.07) is 23.2. The van der Waals surface area contributed by atoms with E-state index in [4.69, 9.17) is 4.74 Å². The maximum atomic E-state index is 12.3. The van der Waals surface area contributed by atoms with Gasteiger partial charge in [0.25, 0.3) is 5.91 Å². The summed E-state index contributed by atoms with van der Waals surface area (Å²) in [6.45, 7) is 0.341. The third-order valence-corrected chi connectivity index (χ3v) is 4.39. The highest BCUT2D eigenvalue weighted by Gasteiger charge is 2.07. The van der Waals surface area contributed by atoms with E-state index in [-0.39, 0.29) is 5.91 Å². The van der Waals surface area contributed by atoms with Gasteiger partial charge >= 0.3 is 0 Å². The van der Waals surface area contributed by atoms with Gasteiger partial charge in [-0.15, -0.1) is 0 Å². The van der Waals surface area contributed by atoms with E-state index in [1.54, 1.807) is 24.3 Å². The maximum Gasteiger partial charge on any atom is 0.251 e. The number of nitrogens with one attached hydrogen (secondary N) is 2. The van der Waals surface area contributed by atoms with Crippen LogP contribution in [0.2, 0.25) is 0 Å². The van der Waals surface area contributed by atoms with E-state index in [0.29, 0.717) is 23.5 Å². The summed E-state index contributed by atoms with van der Waals surface area (Å²) in [6.07, 6.45) is 1.07. The number of para-hydroxylation sites is 1. The van der Waals surface area contributed by atoms with Crippen LogP contribution in [0.4, 0.5) is 5.69 Å². The second-order valence-electron chi connectivity index (χ2n) is 6.20. The predicted molar refractivity (Wildman–Crippen MR) is 109 cm³/mol. The second-order valence-corrected chi connectivity index (χ2v) is 7.95. The van der Waals surface area contributed by atoms with Crippen LogP contribution in [0.5, 0.6) is 11.5 Å². The normalized spacial score (nSPS) is 10.9. The third-order valence-electron chi connectivity index (χ3n) is 3.78. The van der Waals surface area contributed by atoms with Crippen LogP contribution in [-0.4, -0.2) is 20.6 Å². The maximum absolute atomic E-state index is 12.3. The van der Waals surface area contributed by atoms with Crippen molar-refractivity contribution in [1.29, 1.82) is 0 Å². The molecule has 0 aromatic heterocycles. The Kier molecular flexibility index (Phi) is 5.96. The molecule has 0 heterocycles. The summed E-state index contributed by atoms with van der Waals surface area (Å²) in [7, 11) is -3.35. The zero-order valence-corrected chi connectivity index (χ0v) is 16.1. The lowest BCUT2D eigenvalue weighted by Gasteiger charge is -2.09. The number of amides is 1. The Labute approximate surface area is 164 Å². The molecule has 3 rings (SSSR count). The zero-order valence-electron chi connectivity index (χ0n) is 15.3. The molecule has 0 saturated carbocycles. The van der Waals surface area contributed by atoms with Gasteiger partial charge in [0.15, 0.2) is 0 Å².